The van der Waals surface area contributed by atoms with Gasteiger partial charge in [0.2, 0.25) is 0 Å². The summed E-state index contributed by atoms with van der Waals surface area (Å²) in [5.41, 5.74) is 6.13. The monoisotopic (exact) mass is 504 g/mol. The number of nitrogens with two attached hydrogens (primary N) is 1. The molecule has 0 aromatic carbocycles. The Morgan fingerprint density at radius 2 is 1.32 bits per heavy atom. The Morgan fingerprint density at radius 3 is 1.79 bits per heavy atom. The lowest BCUT2D eigenvalue weighted by molar-refractivity contribution is -0.119. The molecule has 0 radical (unpaired) electrons. The van der Waals surface area contributed by atoms with Crippen LogP contribution in [0.15, 0.2) is 0 Å². The van der Waals surface area contributed by atoms with E-state index in [1.54, 1.807) is 0 Å². The molecule has 6 nitrogen and oxygen atoms in total. The summed E-state index contributed by atoms with van der Waals surface area (Å²) >= 11 is 0. The van der Waals surface area contributed by atoms with E-state index in [2.05, 4.69) is 12.2 Å². The Labute approximate surface area is 211 Å². The van der Waals surface area contributed by atoms with Crippen LogP contribution in [-0.2, 0) is 18.4 Å². The van der Waals surface area contributed by atoms with Crippen molar-refractivity contribution in [3.05, 3.63) is 0 Å². The number of likely N-dealkylation sites (N-methyl/N-ethyl adjacent to an activating group) is 1. The predicted molar refractivity (Wildman–Crippen MR) is 146 cm³/mol. The third-order valence-corrected chi connectivity index (χ3v) is 8.48. The fraction of sp³-hybridized carbons (Fsp3) is 0.963. The average Bonchev–Trinajstić information content (AvgIpc) is 2.84. The summed E-state index contributed by atoms with van der Waals surface area (Å²) in [5.74, 6) is 0.297. The van der Waals surface area contributed by atoms with Gasteiger partial charge < -0.3 is 20.1 Å². The molecule has 34 heavy (non-hydrogen) atoms. The molecule has 0 aliphatic heterocycles. The van der Waals surface area contributed by atoms with E-state index in [4.69, 9.17) is 14.8 Å². The van der Waals surface area contributed by atoms with E-state index in [1.807, 2.05) is 7.05 Å². The van der Waals surface area contributed by atoms with Gasteiger partial charge in [-0.2, -0.15) is 0 Å². The summed E-state index contributed by atoms with van der Waals surface area (Å²) < 4.78 is 22.9. The Hall–Kier alpha value is -0.260. The molecule has 0 spiro atoms. The van der Waals surface area contributed by atoms with Crippen LogP contribution >= 0.6 is 7.60 Å². The molecular weight excluding hydrogens is 447 g/mol. The largest absolute Gasteiger partial charge is 0.330 e. The number of hydrogen-bond donors (Lipinski definition) is 2. The smallest absolute Gasteiger partial charge is 0.328 e. The van der Waals surface area contributed by atoms with E-state index >= 15 is 0 Å². The number of carbonyl (C=O) groups excluding carboxylic acids is 1. The normalized spacial score (nSPS) is 14.2. The molecule has 0 rings (SSSR count). The van der Waals surface area contributed by atoms with Crippen LogP contribution in [0.25, 0.3) is 0 Å². The van der Waals surface area contributed by atoms with Gasteiger partial charge in [-0.15, -0.1) is 0 Å². The second-order valence-electron chi connectivity index (χ2n) is 9.78. The molecule has 3 N–H and O–H groups in total. The van der Waals surface area contributed by atoms with E-state index in [1.165, 1.54) is 90.6 Å². The molecule has 2 atom stereocenters. The molecular formula is C27H57N2O4P. The van der Waals surface area contributed by atoms with Gasteiger partial charge in [-0.25, -0.2) is 0 Å². The first kappa shape index (κ1) is 33.7. The van der Waals surface area contributed by atoms with Crippen LogP contribution in [0, 0.1) is 0 Å². The molecule has 0 bridgehead atoms. The van der Waals surface area contributed by atoms with Crippen molar-refractivity contribution in [3.8, 4) is 0 Å². The second kappa shape index (κ2) is 24.4. The first-order valence-electron chi connectivity index (χ1n) is 14.2. The lowest BCUT2D eigenvalue weighted by Crippen LogP contribution is -2.23. The topological polar surface area (TPSA) is 90.7 Å². The van der Waals surface area contributed by atoms with Crippen molar-refractivity contribution in [2.45, 2.75) is 135 Å². The van der Waals surface area contributed by atoms with Gasteiger partial charge in [-0.1, -0.05) is 96.8 Å². The van der Waals surface area contributed by atoms with Crippen LogP contribution in [0.4, 0.5) is 0 Å². The van der Waals surface area contributed by atoms with Crippen LogP contribution in [0.5, 0.6) is 0 Å². The fourth-order valence-corrected chi connectivity index (χ4v) is 5.56. The lowest BCUT2D eigenvalue weighted by Gasteiger charge is -2.18. The van der Waals surface area contributed by atoms with E-state index in [9.17, 15) is 9.36 Å². The third-order valence-electron chi connectivity index (χ3n) is 6.55. The standard InChI is InChI=1S/C27H57N2O4P/c1-4-5-6-7-8-9-10-11-12-13-14-15-16-17-18-19-27(30)21-20-26(28)22-25-34(31,32-3)33-24-23-29-2/h26,29H,4-25,28H2,1-3H3. The van der Waals surface area contributed by atoms with E-state index in [0.717, 1.165) is 12.8 Å². The molecule has 0 aromatic heterocycles. The van der Waals surface area contributed by atoms with Crippen molar-refractivity contribution in [2.24, 2.45) is 5.73 Å². The molecule has 0 saturated heterocycles. The minimum absolute atomic E-state index is 0.151. The molecule has 0 aliphatic rings. The number of hydrogen-bond acceptors (Lipinski definition) is 6. The molecule has 204 valence electrons. The maximum atomic E-state index is 12.5. The van der Waals surface area contributed by atoms with E-state index in [-0.39, 0.29) is 6.04 Å². The maximum absolute atomic E-state index is 12.5. The van der Waals surface area contributed by atoms with Crippen molar-refractivity contribution >= 4 is 13.4 Å². The molecule has 0 saturated carbocycles. The number of carbonyl (C=O) groups is 1. The number of rotatable bonds is 27. The van der Waals surface area contributed by atoms with Crippen LogP contribution in [-0.4, -0.2) is 45.3 Å². The molecule has 2 unspecified atom stereocenters. The van der Waals surface area contributed by atoms with Crippen LogP contribution in [0.3, 0.4) is 0 Å². The molecule has 0 heterocycles. The highest BCUT2D eigenvalue weighted by Gasteiger charge is 2.23. The van der Waals surface area contributed by atoms with Crippen LogP contribution in [0.2, 0.25) is 0 Å². The minimum atomic E-state index is -3.08. The van der Waals surface area contributed by atoms with Gasteiger partial charge in [-0.05, 0) is 26.3 Å². The van der Waals surface area contributed by atoms with Gasteiger partial charge >= 0.3 is 7.60 Å². The summed E-state index contributed by atoms with van der Waals surface area (Å²) in [6.07, 6.45) is 22.6. The highest BCUT2D eigenvalue weighted by atomic mass is 31.2. The van der Waals surface area contributed by atoms with Gasteiger partial charge in [0.1, 0.15) is 5.78 Å². The number of ketones is 1. The quantitative estimate of drug-likeness (QED) is 0.0895. The molecule has 0 aliphatic carbocycles. The number of Topliss-reactive ketones (excluding diaryl/α,β-unsaturated/α-hetero) is 1. The molecule has 0 fully saturated rings. The highest BCUT2D eigenvalue weighted by Crippen LogP contribution is 2.47. The Bertz CT molecular complexity index is 505. The third kappa shape index (κ3) is 22.2. The van der Waals surface area contributed by atoms with Crippen molar-refractivity contribution in [3.63, 3.8) is 0 Å². The highest BCUT2D eigenvalue weighted by molar-refractivity contribution is 7.53. The molecule has 7 heteroatoms. The number of unbranched alkanes of at least 4 members (excludes halogenated alkanes) is 14. The van der Waals surface area contributed by atoms with Crippen molar-refractivity contribution in [1.82, 2.24) is 5.32 Å². The fourth-order valence-electron chi connectivity index (χ4n) is 4.13. The van der Waals surface area contributed by atoms with E-state index in [0.29, 0.717) is 50.8 Å². The SMILES string of the molecule is CCCCCCCCCCCCCCCCCC(=O)CCC(N)CCP(=O)(OC)OCCNC. The zero-order chi connectivity index (χ0) is 25.3. The summed E-state index contributed by atoms with van der Waals surface area (Å²) in [5, 5.41) is 2.95. The van der Waals surface area contributed by atoms with Crippen molar-refractivity contribution in [1.29, 1.82) is 0 Å². The molecule has 0 aromatic rings. The lowest BCUT2D eigenvalue weighted by atomic mass is 10.0. The Balaban J connectivity index is 3.52. The minimum Gasteiger partial charge on any atom is -0.328 e. The predicted octanol–water partition coefficient (Wildman–Crippen LogP) is 7.39. The second-order valence-corrected chi connectivity index (χ2v) is 12.1. The van der Waals surface area contributed by atoms with Gasteiger partial charge in [-0.3, -0.25) is 9.36 Å². The average molecular weight is 505 g/mol. The van der Waals surface area contributed by atoms with Gasteiger partial charge in [0.25, 0.3) is 0 Å². The Kier molecular flexibility index (Phi) is 24.2. The van der Waals surface area contributed by atoms with Crippen LogP contribution in [0.1, 0.15) is 129 Å². The summed E-state index contributed by atoms with van der Waals surface area (Å²) in [4.78, 5) is 12.1. The van der Waals surface area contributed by atoms with E-state index < -0.39 is 7.60 Å². The van der Waals surface area contributed by atoms with Crippen molar-refractivity contribution in [2.75, 3.05) is 33.5 Å². The van der Waals surface area contributed by atoms with Crippen LogP contribution < -0.4 is 11.1 Å². The first-order chi connectivity index (χ1) is 16.5. The number of nitrogens with one attached hydrogen (secondary N) is 1. The van der Waals surface area contributed by atoms with Gasteiger partial charge in [0, 0.05) is 32.5 Å². The van der Waals surface area contributed by atoms with Gasteiger partial charge in [0.05, 0.1) is 12.8 Å². The summed E-state index contributed by atoms with van der Waals surface area (Å²) in [7, 11) is 0.140. The Morgan fingerprint density at radius 1 is 0.824 bits per heavy atom. The van der Waals surface area contributed by atoms with Crippen molar-refractivity contribution < 1.29 is 18.4 Å². The molecule has 0 amide bonds. The van der Waals surface area contributed by atoms with Gasteiger partial charge in [0.15, 0.2) is 0 Å². The summed E-state index contributed by atoms with van der Waals surface area (Å²) in [6.45, 7) is 3.23. The zero-order valence-corrected chi connectivity index (χ0v) is 23.7. The first-order valence-corrected chi connectivity index (χ1v) is 15.9. The maximum Gasteiger partial charge on any atom is 0.330 e. The summed E-state index contributed by atoms with van der Waals surface area (Å²) in [6, 6.07) is -0.151. The zero-order valence-electron chi connectivity index (χ0n) is 22.8.